The molecule has 5 nitrogen and oxygen atoms in total. The summed E-state index contributed by atoms with van der Waals surface area (Å²) in [5, 5.41) is 0. The van der Waals surface area contributed by atoms with Gasteiger partial charge in [0.25, 0.3) is 0 Å². The molecule has 0 amide bonds. The molecule has 6 heteroatoms. The molecule has 0 aromatic rings. The van der Waals surface area contributed by atoms with E-state index in [0.717, 1.165) is 0 Å². The minimum Gasteiger partial charge on any atom is -0.458 e. The van der Waals surface area contributed by atoms with Crippen LogP contribution < -0.4 is 0 Å². The van der Waals surface area contributed by atoms with Crippen molar-refractivity contribution < 1.29 is 22.8 Å². The second-order valence-corrected chi connectivity index (χ2v) is 4.73. The lowest BCUT2D eigenvalue weighted by molar-refractivity contribution is -0.143. The third kappa shape index (κ3) is 3.67. The smallest absolute Gasteiger partial charge is 0.330 e. The molecule has 1 atom stereocenters. The molecule has 82 valence electrons. The minimum absolute atomic E-state index is 0.0315. The lowest BCUT2D eigenvalue weighted by atomic mass is 10.3. The molecule has 1 aliphatic heterocycles. The number of carbonyl (C=O) groups excluding carboxylic acids is 1. The number of allylic oxidation sites excluding steroid dienone is 1. The zero-order valence-corrected chi connectivity index (χ0v) is 8.70. The van der Waals surface area contributed by atoms with E-state index in [1.165, 1.54) is 6.08 Å². The molecule has 1 aliphatic rings. The molecule has 1 saturated heterocycles. The van der Waals surface area contributed by atoms with Gasteiger partial charge in [-0.05, 0) is 6.92 Å². The number of rotatable bonds is 2. The van der Waals surface area contributed by atoms with Gasteiger partial charge in [0, 0.05) is 12.5 Å². The summed E-state index contributed by atoms with van der Waals surface area (Å²) in [6.45, 7) is 1.91. The maximum atomic E-state index is 11.0. The van der Waals surface area contributed by atoms with Gasteiger partial charge >= 0.3 is 5.97 Å². The molecule has 1 heterocycles. The molecule has 0 aromatic heterocycles. The Balaban J connectivity index is 2.42. The molecule has 0 radical (unpaired) electrons. The Bertz CT molecular complexity index is 238. The Kier molecular flexibility index (Phi) is 3.94. The van der Waals surface area contributed by atoms with Crippen LogP contribution in [0.2, 0.25) is 0 Å². The van der Waals surface area contributed by atoms with Crippen molar-refractivity contribution in [1.29, 1.82) is 0 Å². The molecular formula is C8H14O5S. The van der Waals surface area contributed by atoms with Gasteiger partial charge in [-0.15, -0.1) is 0 Å². The van der Waals surface area contributed by atoms with E-state index in [1.807, 2.05) is 0 Å². The van der Waals surface area contributed by atoms with Gasteiger partial charge in [-0.1, -0.05) is 6.08 Å². The van der Waals surface area contributed by atoms with E-state index >= 15 is 0 Å². The number of esters is 1. The molecule has 0 aromatic carbocycles. The van der Waals surface area contributed by atoms with Crippen molar-refractivity contribution in [1.82, 2.24) is 0 Å². The minimum atomic E-state index is -2.99. The highest BCUT2D eigenvalue weighted by atomic mass is 32.3. The fraction of sp³-hybridized carbons (Fsp3) is 0.625. The van der Waals surface area contributed by atoms with Crippen LogP contribution in [0.3, 0.4) is 0 Å². The summed E-state index contributed by atoms with van der Waals surface area (Å²) in [6.07, 6.45) is 2.90. The highest BCUT2D eigenvalue weighted by molar-refractivity contribution is 8.20. The topological polar surface area (TPSA) is 76.0 Å². The van der Waals surface area contributed by atoms with Gasteiger partial charge in [0.1, 0.15) is 6.10 Å². The fourth-order valence-electron chi connectivity index (χ4n) is 1.12. The zero-order chi connectivity index (χ0) is 10.6. The monoisotopic (exact) mass is 222 g/mol. The third-order valence-electron chi connectivity index (χ3n) is 1.70. The van der Waals surface area contributed by atoms with Crippen molar-refractivity contribution in [3.05, 3.63) is 12.2 Å². The fourth-order valence-corrected chi connectivity index (χ4v) is 2.30. The highest BCUT2D eigenvalue weighted by Crippen LogP contribution is 2.44. The average molecular weight is 222 g/mol. The predicted molar refractivity (Wildman–Crippen MR) is 53.0 cm³/mol. The van der Waals surface area contributed by atoms with Gasteiger partial charge in [0.05, 0.1) is 23.2 Å². The first-order valence-corrected chi connectivity index (χ1v) is 5.91. The molecule has 0 aliphatic carbocycles. The second-order valence-electron chi connectivity index (χ2n) is 2.94. The van der Waals surface area contributed by atoms with Crippen LogP contribution in [-0.2, 0) is 13.7 Å². The Hall–Kier alpha value is -0.560. The summed E-state index contributed by atoms with van der Waals surface area (Å²) >= 11 is 0. The number of ether oxygens (including phenoxy) is 1. The van der Waals surface area contributed by atoms with Crippen LogP contribution in [0.15, 0.2) is 12.2 Å². The van der Waals surface area contributed by atoms with Crippen molar-refractivity contribution in [3.63, 3.8) is 0 Å². The Morgan fingerprint density at radius 2 is 2.36 bits per heavy atom. The summed E-state index contributed by atoms with van der Waals surface area (Å²) in [7, 11) is -2.99. The molecule has 1 rings (SSSR count). The largest absolute Gasteiger partial charge is 0.458 e. The van der Waals surface area contributed by atoms with E-state index in [2.05, 4.69) is 0 Å². The Morgan fingerprint density at radius 1 is 1.64 bits per heavy atom. The Morgan fingerprint density at radius 3 is 2.93 bits per heavy atom. The van der Waals surface area contributed by atoms with Crippen LogP contribution in [0.5, 0.6) is 0 Å². The van der Waals surface area contributed by atoms with Gasteiger partial charge in [-0.25, -0.2) is 4.79 Å². The van der Waals surface area contributed by atoms with Crippen LogP contribution in [0, 0.1) is 0 Å². The standard InChI is InChI=1S/C8H14O5S/c1-2-3-8(9)13-7-4-5-12-14(10,11)6-7/h2-3,7,10-11H,4-6H2,1H3/b3-2+. The van der Waals surface area contributed by atoms with Crippen LogP contribution in [0.1, 0.15) is 13.3 Å². The molecule has 1 fully saturated rings. The SMILES string of the molecule is C/C=C/C(=O)OC1CCOS(O)(O)C1. The molecule has 2 N–H and O–H groups in total. The van der Waals surface area contributed by atoms with Crippen molar-refractivity contribution in [2.75, 3.05) is 12.4 Å². The summed E-state index contributed by atoms with van der Waals surface area (Å²) in [5.74, 6) is -0.495. The van der Waals surface area contributed by atoms with Gasteiger partial charge in [0.15, 0.2) is 0 Å². The van der Waals surface area contributed by atoms with Crippen molar-refractivity contribution in [2.45, 2.75) is 19.4 Å². The van der Waals surface area contributed by atoms with Gasteiger partial charge < -0.3 is 13.8 Å². The van der Waals surface area contributed by atoms with E-state index in [1.54, 1.807) is 13.0 Å². The highest BCUT2D eigenvalue weighted by Gasteiger charge is 2.31. The van der Waals surface area contributed by atoms with Crippen LogP contribution in [0.4, 0.5) is 0 Å². The predicted octanol–water partition coefficient (Wildman–Crippen LogP) is 1.56. The number of hydrogen-bond acceptors (Lipinski definition) is 5. The van der Waals surface area contributed by atoms with E-state index in [4.69, 9.17) is 8.92 Å². The average Bonchev–Trinajstić information content (AvgIpc) is 2.02. The van der Waals surface area contributed by atoms with Crippen LogP contribution in [0.25, 0.3) is 0 Å². The zero-order valence-electron chi connectivity index (χ0n) is 7.88. The molecule has 0 spiro atoms. The molecular weight excluding hydrogens is 208 g/mol. The van der Waals surface area contributed by atoms with Gasteiger partial charge in [-0.2, -0.15) is 0 Å². The second kappa shape index (κ2) is 4.79. The van der Waals surface area contributed by atoms with Crippen molar-refractivity contribution in [2.24, 2.45) is 0 Å². The molecule has 14 heavy (non-hydrogen) atoms. The molecule has 1 unspecified atom stereocenters. The molecule has 0 bridgehead atoms. The Labute approximate surface area is 84.3 Å². The number of hydrogen-bond donors (Lipinski definition) is 2. The summed E-state index contributed by atoms with van der Waals surface area (Å²) in [6, 6.07) is 0. The van der Waals surface area contributed by atoms with E-state index in [9.17, 15) is 13.9 Å². The first kappa shape index (κ1) is 11.5. The van der Waals surface area contributed by atoms with Crippen molar-refractivity contribution in [3.8, 4) is 0 Å². The summed E-state index contributed by atoms with van der Waals surface area (Å²) < 4.78 is 28.1. The molecule has 0 saturated carbocycles. The lowest BCUT2D eigenvalue weighted by Crippen LogP contribution is -2.31. The normalized spacial score (nSPS) is 28.6. The maximum absolute atomic E-state index is 11.0. The van der Waals surface area contributed by atoms with Gasteiger partial charge in [-0.3, -0.25) is 4.18 Å². The van der Waals surface area contributed by atoms with Gasteiger partial charge in [0.2, 0.25) is 0 Å². The number of carbonyl (C=O) groups is 1. The van der Waals surface area contributed by atoms with Crippen LogP contribution >= 0.6 is 10.9 Å². The quantitative estimate of drug-likeness (QED) is 0.547. The van der Waals surface area contributed by atoms with E-state index < -0.39 is 22.9 Å². The summed E-state index contributed by atoms with van der Waals surface area (Å²) in [4.78, 5) is 11.0. The first-order valence-electron chi connectivity index (χ1n) is 4.27. The third-order valence-corrected chi connectivity index (χ3v) is 3.05. The van der Waals surface area contributed by atoms with Crippen LogP contribution in [-0.4, -0.2) is 33.5 Å². The first-order chi connectivity index (χ1) is 6.53. The van der Waals surface area contributed by atoms with E-state index in [-0.39, 0.29) is 12.4 Å². The summed E-state index contributed by atoms with van der Waals surface area (Å²) in [5.41, 5.74) is 0. The maximum Gasteiger partial charge on any atom is 0.330 e. The lowest BCUT2D eigenvalue weighted by Gasteiger charge is -2.34. The van der Waals surface area contributed by atoms with Crippen molar-refractivity contribution >= 4 is 16.8 Å². The van der Waals surface area contributed by atoms with E-state index in [0.29, 0.717) is 6.42 Å².